The van der Waals surface area contributed by atoms with Crippen LogP contribution in [0.2, 0.25) is 0 Å². The van der Waals surface area contributed by atoms with Crippen LogP contribution in [0.3, 0.4) is 0 Å². The first-order chi connectivity index (χ1) is 16.6. The number of para-hydroxylation sites is 1. The van der Waals surface area contributed by atoms with Crippen molar-refractivity contribution in [2.75, 3.05) is 41.8 Å². The Balaban J connectivity index is 1.34. The van der Waals surface area contributed by atoms with E-state index in [1.807, 2.05) is 66.7 Å². The number of carbonyl (C=O) groups excluding carboxylic acids is 2. The number of benzene rings is 3. The minimum atomic E-state index is -0.540. The van der Waals surface area contributed by atoms with E-state index in [0.717, 1.165) is 43.2 Å². The Labute approximate surface area is 200 Å². The van der Waals surface area contributed by atoms with E-state index in [4.69, 9.17) is 4.74 Å². The van der Waals surface area contributed by atoms with E-state index in [0.29, 0.717) is 17.8 Å². The molecule has 3 aromatic rings. The SMILES string of the molecule is CC(Nc1ccccc1C(=O)NCc1ccccc1)C(=O)Nc1ccc(N2CCOCC2)cc1. The van der Waals surface area contributed by atoms with E-state index in [-0.39, 0.29) is 11.8 Å². The van der Waals surface area contributed by atoms with E-state index in [2.05, 4.69) is 20.9 Å². The van der Waals surface area contributed by atoms with E-state index < -0.39 is 6.04 Å². The fourth-order valence-electron chi connectivity index (χ4n) is 3.81. The highest BCUT2D eigenvalue weighted by Crippen LogP contribution is 2.20. The Bertz CT molecular complexity index is 1100. The first-order valence-electron chi connectivity index (χ1n) is 11.5. The Kier molecular flexibility index (Phi) is 7.78. The molecule has 0 aliphatic carbocycles. The van der Waals surface area contributed by atoms with Gasteiger partial charge in [-0.3, -0.25) is 9.59 Å². The lowest BCUT2D eigenvalue weighted by Crippen LogP contribution is -2.36. The van der Waals surface area contributed by atoms with Crippen LogP contribution in [-0.2, 0) is 16.1 Å². The van der Waals surface area contributed by atoms with Crippen LogP contribution in [0.1, 0.15) is 22.8 Å². The molecule has 3 aromatic carbocycles. The molecule has 0 bridgehead atoms. The largest absolute Gasteiger partial charge is 0.378 e. The van der Waals surface area contributed by atoms with Crippen molar-refractivity contribution in [3.8, 4) is 0 Å². The van der Waals surface area contributed by atoms with Gasteiger partial charge < -0.3 is 25.6 Å². The van der Waals surface area contributed by atoms with Crippen LogP contribution < -0.4 is 20.9 Å². The third-order valence-corrected chi connectivity index (χ3v) is 5.74. The number of hydrogen-bond donors (Lipinski definition) is 3. The lowest BCUT2D eigenvalue weighted by Gasteiger charge is -2.29. The molecule has 7 heteroatoms. The van der Waals surface area contributed by atoms with Gasteiger partial charge in [0.15, 0.2) is 0 Å². The number of rotatable bonds is 8. The second kappa shape index (κ2) is 11.3. The summed E-state index contributed by atoms with van der Waals surface area (Å²) < 4.78 is 5.40. The Morgan fingerprint density at radius 2 is 1.59 bits per heavy atom. The molecule has 1 atom stereocenters. The summed E-state index contributed by atoms with van der Waals surface area (Å²) >= 11 is 0. The van der Waals surface area contributed by atoms with E-state index in [9.17, 15) is 9.59 Å². The van der Waals surface area contributed by atoms with Gasteiger partial charge in [-0.05, 0) is 48.9 Å². The number of hydrogen-bond acceptors (Lipinski definition) is 5. The fourth-order valence-corrected chi connectivity index (χ4v) is 3.81. The number of nitrogens with one attached hydrogen (secondary N) is 3. The van der Waals surface area contributed by atoms with Crippen LogP contribution in [0.5, 0.6) is 0 Å². The number of amides is 2. The average molecular weight is 459 g/mol. The number of nitrogens with zero attached hydrogens (tertiary/aromatic N) is 1. The van der Waals surface area contributed by atoms with Crippen LogP contribution in [0.15, 0.2) is 78.9 Å². The third kappa shape index (κ3) is 6.14. The molecule has 7 nitrogen and oxygen atoms in total. The summed E-state index contributed by atoms with van der Waals surface area (Å²) in [7, 11) is 0. The van der Waals surface area contributed by atoms with Gasteiger partial charge in [0.05, 0.1) is 18.8 Å². The van der Waals surface area contributed by atoms with E-state index in [1.54, 1.807) is 19.1 Å². The summed E-state index contributed by atoms with van der Waals surface area (Å²) in [4.78, 5) is 27.8. The van der Waals surface area contributed by atoms with Crippen LogP contribution in [0.4, 0.5) is 17.1 Å². The standard InChI is InChI=1S/C27H30N4O3/c1-20(26(32)30-22-11-13-23(14-12-22)31-15-17-34-18-16-31)29-25-10-6-5-9-24(25)27(33)28-19-21-7-3-2-4-8-21/h2-14,20,29H,15-19H2,1H3,(H,28,33)(H,30,32). The highest BCUT2D eigenvalue weighted by Gasteiger charge is 2.17. The van der Waals surface area contributed by atoms with Crippen LogP contribution in [0.25, 0.3) is 0 Å². The maximum Gasteiger partial charge on any atom is 0.253 e. The van der Waals surface area contributed by atoms with E-state index in [1.165, 1.54) is 0 Å². The topological polar surface area (TPSA) is 82.7 Å². The molecule has 1 aliphatic heterocycles. The van der Waals surface area contributed by atoms with Crippen molar-refractivity contribution >= 4 is 28.9 Å². The highest BCUT2D eigenvalue weighted by atomic mass is 16.5. The number of ether oxygens (including phenoxy) is 1. The van der Waals surface area contributed by atoms with Gasteiger partial charge in [0.1, 0.15) is 6.04 Å². The van der Waals surface area contributed by atoms with Crippen LogP contribution in [-0.4, -0.2) is 44.2 Å². The summed E-state index contributed by atoms with van der Waals surface area (Å²) in [6.07, 6.45) is 0. The Morgan fingerprint density at radius 3 is 2.32 bits per heavy atom. The van der Waals surface area contributed by atoms with Crippen LogP contribution >= 0.6 is 0 Å². The van der Waals surface area contributed by atoms with Gasteiger partial charge in [-0.2, -0.15) is 0 Å². The molecule has 0 spiro atoms. The number of anilines is 3. The van der Waals surface area contributed by atoms with Crippen molar-refractivity contribution in [1.82, 2.24) is 5.32 Å². The minimum absolute atomic E-state index is 0.182. The smallest absolute Gasteiger partial charge is 0.253 e. The van der Waals surface area contributed by atoms with Gasteiger partial charge in [-0.1, -0.05) is 42.5 Å². The maximum absolute atomic E-state index is 12.8. The Hall–Kier alpha value is -3.84. The average Bonchev–Trinajstić information content (AvgIpc) is 2.89. The van der Waals surface area contributed by atoms with E-state index >= 15 is 0 Å². The van der Waals surface area contributed by atoms with Crippen molar-refractivity contribution in [1.29, 1.82) is 0 Å². The van der Waals surface area contributed by atoms with Crippen molar-refractivity contribution in [2.45, 2.75) is 19.5 Å². The molecular formula is C27H30N4O3. The quantitative estimate of drug-likeness (QED) is 0.477. The predicted molar refractivity (Wildman–Crippen MR) is 135 cm³/mol. The van der Waals surface area contributed by atoms with Crippen molar-refractivity contribution in [3.63, 3.8) is 0 Å². The molecular weight excluding hydrogens is 428 g/mol. The Morgan fingerprint density at radius 1 is 0.912 bits per heavy atom. The molecule has 0 aromatic heterocycles. The molecule has 2 amide bonds. The molecule has 1 heterocycles. The van der Waals surface area contributed by atoms with Crippen LogP contribution in [0, 0.1) is 0 Å². The van der Waals surface area contributed by atoms with Gasteiger partial charge in [-0.15, -0.1) is 0 Å². The van der Waals surface area contributed by atoms with Gasteiger partial charge in [0.2, 0.25) is 5.91 Å². The molecule has 1 unspecified atom stereocenters. The maximum atomic E-state index is 12.8. The fraction of sp³-hybridized carbons (Fsp3) is 0.259. The normalized spacial score (nSPS) is 14.2. The van der Waals surface area contributed by atoms with Crippen molar-refractivity contribution in [2.24, 2.45) is 0 Å². The second-order valence-electron chi connectivity index (χ2n) is 8.22. The number of morpholine rings is 1. The summed E-state index contributed by atoms with van der Waals surface area (Å²) in [5, 5.41) is 9.06. The molecule has 1 aliphatic rings. The zero-order valence-electron chi connectivity index (χ0n) is 19.3. The van der Waals surface area contributed by atoms with Crippen molar-refractivity contribution in [3.05, 3.63) is 90.0 Å². The highest BCUT2D eigenvalue weighted by molar-refractivity contribution is 6.01. The summed E-state index contributed by atoms with van der Waals surface area (Å²) in [6.45, 7) is 5.40. The zero-order chi connectivity index (χ0) is 23.8. The molecule has 0 saturated carbocycles. The summed E-state index contributed by atoms with van der Waals surface area (Å²) in [6, 6.07) is 24.2. The van der Waals surface area contributed by atoms with Gasteiger partial charge in [0, 0.05) is 36.7 Å². The third-order valence-electron chi connectivity index (χ3n) is 5.74. The zero-order valence-corrected chi connectivity index (χ0v) is 19.3. The molecule has 1 fully saturated rings. The summed E-state index contributed by atoms with van der Waals surface area (Å²) in [5.74, 6) is -0.378. The van der Waals surface area contributed by atoms with Gasteiger partial charge in [-0.25, -0.2) is 0 Å². The molecule has 34 heavy (non-hydrogen) atoms. The molecule has 0 radical (unpaired) electrons. The predicted octanol–water partition coefficient (Wildman–Crippen LogP) is 3.89. The van der Waals surface area contributed by atoms with Gasteiger partial charge in [0.25, 0.3) is 5.91 Å². The lowest BCUT2D eigenvalue weighted by atomic mass is 10.1. The molecule has 176 valence electrons. The monoisotopic (exact) mass is 458 g/mol. The summed E-state index contributed by atoms with van der Waals surface area (Å²) in [5.41, 5.74) is 3.97. The first-order valence-corrected chi connectivity index (χ1v) is 11.5. The number of carbonyl (C=O) groups is 2. The van der Waals surface area contributed by atoms with Gasteiger partial charge >= 0.3 is 0 Å². The minimum Gasteiger partial charge on any atom is -0.378 e. The van der Waals surface area contributed by atoms with Crippen molar-refractivity contribution < 1.29 is 14.3 Å². The first kappa shape index (κ1) is 23.3. The molecule has 4 rings (SSSR count). The lowest BCUT2D eigenvalue weighted by molar-refractivity contribution is -0.116. The molecule has 1 saturated heterocycles. The molecule has 3 N–H and O–H groups in total. The second-order valence-corrected chi connectivity index (χ2v) is 8.22.